The zero-order valence-corrected chi connectivity index (χ0v) is 16.5. The Hall–Kier alpha value is -3.46. The highest BCUT2D eigenvalue weighted by molar-refractivity contribution is 6.06. The molecule has 2 amide bonds. The van der Waals surface area contributed by atoms with Crippen molar-refractivity contribution in [2.45, 2.75) is 39.5 Å². The Morgan fingerprint density at radius 1 is 1.07 bits per heavy atom. The highest BCUT2D eigenvalue weighted by atomic mass is 16.2. The number of carbonyl (C=O) groups is 2. The van der Waals surface area contributed by atoms with Crippen LogP contribution in [0.4, 0.5) is 5.69 Å². The van der Waals surface area contributed by atoms with E-state index in [1.807, 2.05) is 18.2 Å². The Balaban J connectivity index is 1.94. The molecule has 2 N–H and O–H groups in total. The first kappa shape index (κ1) is 20.8. The number of amides is 2. The van der Waals surface area contributed by atoms with E-state index in [1.54, 1.807) is 43.3 Å². The van der Waals surface area contributed by atoms with Gasteiger partial charge in [0.2, 0.25) is 5.91 Å². The molecule has 144 valence electrons. The van der Waals surface area contributed by atoms with E-state index in [4.69, 9.17) is 5.26 Å². The molecule has 0 radical (unpaired) electrons. The van der Waals surface area contributed by atoms with E-state index in [2.05, 4.69) is 36.6 Å². The Labute approximate surface area is 165 Å². The third-order valence-electron chi connectivity index (χ3n) is 4.10. The zero-order chi connectivity index (χ0) is 20.7. The topological polar surface area (TPSA) is 94.3 Å². The number of anilines is 1. The summed E-state index contributed by atoms with van der Waals surface area (Å²) in [4.78, 5) is 24.3. The number of nitrogens with zero attached hydrogens (tertiary/aromatic N) is 2. The number of nitriles is 1. The summed E-state index contributed by atoms with van der Waals surface area (Å²) in [5.41, 5.74) is 5.40. The molecular weight excluding hydrogens is 352 g/mol. The number of hydrogen-bond acceptors (Lipinski definition) is 4. The van der Waals surface area contributed by atoms with E-state index in [0.717, 1.165) is 5.56 Å². The number of benzene rings is 2. The summed E-state index contributed by atoms with van der Waals surface area (Å²) >= 11 is 0. The lowest BCUT2D eigenvalue weighted by molar-refractivity contribution is -0.115. The van der Waals surface area contributed by atoms with Crippen molar-refractivity contribution in [3.63, 3.8) is 0 Å². The third kappa shape index (κ3) is 5.78. The van der Waals surface area contributed by atoms with Crippen molar-refractivity contribution in [1.82, 2.24) is 5.43 Å². The third-order valence-corrected chi connectivity index (χ3v) is 4.10. The summed E-state index contributed by atoms with van der Waals surface area (Å²) in [7, 11) is 0. The summed E-state index contributed by atoms with van der Waals surface area (Å²) in [6.07, 6.45) is 0.00298. The lowest BCUT2D eigenvalue weighted by Crippen LogP contribution is -2.22. The van der Waals surface area contributed by atoms with Gasteiger partial charge < -0.3 is 5.32 Å². The van der Waals surface area contributed by atoms with Gasteiger partial charge >= 0.3 is 0 Å². The molecule has 0 atom stereocenters. The SMILES string of the molecule is CC(CC(=O)Nc1ccccc1C#N)=NNC(=O)c1ccc(C(C)(C)C)cc1. The van der Waals surface area contributed by atoms with E-state index >= 15 is 0 Å². The predicted octanol–water partition coefficient (Wildman–Crippen LogP) is 3.99. The van der Waals surface area contributed by atoms with E-state index in [0.29, 0.717) is 22.5 Å². The smallest absolute Gasteiger partial charge is 0.271 e. The van der Waals surface area contributed by atoms with Crippen LogP contribution in [0.1, 0.15) is 55.6 Å². The van der Waals surface area contributed by atoms with E-state index < -0.39 is 0 Å². The zero-order valence-electron chi connectivity index (χ0n) is 16.5. The molecular formula is C22H24N4O2. The maximum atomic E-state index is 12.2. The Morgan fingerprint density at radius 3 is 2.32 bits per heavy atom. The van der Waals surface area contributed by atoms with Crippen LogP contribution in [0.25, 0.3) is 0 Å². The summed E-state index contributed by atoms with van der Waals surface area (Å²) in [5, 5.41) is 15.7. The first-order valence-electron chi connectivity index (χ1n) is 8.93. The van der Waals surface area contributed by atoms with Crippen molar-refractivity contribution < 1.29 is 9.59 Å². The van der Waals surface area contributed by atoms with Crippen LogP contribution in [0.5, 0.6) is 0 Å². The number of rotatable bonds is 5. The average molecular weight is 376 g/mol. The standard InChI is InChI=1S/C22H24N4O2/c1-15(13-20(27)24-19-8-6-5-7-17(19)14-23)25-26-21(28)16-9-11-18(12-10-16)22(2,3)4/h5-12H,13H2,1-4H3,(H,24,27)(H,26,28). The van der Waals surface area contributed by atoms with Gasteiger partial charge in [0.1, 0.15) is 6.07 Å². The predicted molar refractivity (Wildman–Crippen MR) is 110 cm³/mol. The van der Waals surface area contributed by atoms with E-state index in [1.165, 1.54) is 0 Å². The van der Waals surface area contributed by atoms with Gasteiger partial charge in [0, 0.05) is 11.3 Å². The van der Waals surface area contributed by atoms with Crippen molar-refractivity contribution in [3.8, 4) is 6.07 Å². The number of nitrogens with one attached hydrogen (secondary N) is 2. The monoisotopic (exact) mass is 376 g/mol. The number of carbonyl (C=O) groups excluding carboxylic acids is 2. The van der Waals surface area contributed by atoms with Gasteiger partial charge in [0.25, 0.3) is 5.91 Å². The van der Waals surface area contributed by atoms with Crippen molar-refractivity contribution in [1.29, 1.82) is 5.26 Å². The summed E-state index contributed by atoms with van der Waals surface area (Å²) in [6.45, 7) is 7.97. The molecule has 0 aliphatic rings. The fourth-order valence-electron chi connectivity index (χ4n) is 2.49. The van der Waals surface area contributed by atoms with Gasteiger partial charge in [0.15, 0.2) is 0 Å². The van der Waals surface area contributed by atoms with Crippen LogP contribution in [0.15, 0.2) is 53.6 Å². The molecule has 0 spiro atoms. The summed E-state index contributed by atoms with van der Waals surface area (Å²) in [6, 6.07) is 16.1. The van der Waals surface area contributed by atoms with Gasteiger partial charge in [0.05, 0.1) is 17.7 Å². The highest BCUT2D eigenvalue weighted by Gasteiger charge is 2.14. The summed E-state index contributed by atoms with van der Waals surface area (Å²) in [5.74, 6) is -0.650. The largest absolute Gasteiger partial charge is 0.325 e. The highest BCUT2D eigenvalue weighted by Crippen LogP contribution is 2.22. The summed E-state index contributed by atoms with van der Waals surface area (Å²) < 4.78 is 0. The van der Waals surface area contributed by atoms with Crippen molar-refractivity contribution in [3.05, 3.63) is 65.2 Å². The molecule has 0 aromatic heterocycles. The van der Waals surface area contributed by atoms with Gasteiger partial charge in [-0.2, -0.15) is 10.4 Å². The van der Waals surface area contributed by atoms with E-state index in [9.17, 15) is 9.59 Å². The molecule has 6 heteroatoms. The molecule has 28 heavy (non-hydrogen) atoms. The maximum absolute atomic E-state index is 12.2. The lowest BCUT2D eigenvalue weighted by Gasteiger charge is -2.18. The molecule has 0 bridgehead atoms. The molecule has 6 nitrogen and oxygen atoms in total. The second-order valence-corrected chi connectivity index (χ2v) is 7.50. The lowest BCUT2D eigenvalue weighted by atomic mass is 9.87. The van der Waals surface area contributed by atoms with Crippen LogP contribution in [-0.2, 0) is 10.2 Å². The minimum absolute atomic E-state index is 0.00298. The number of hydrazone groups is 1. The number of hydrogen-bond donors (Lipinski definition) is 2. The molecule has 2 aromatic rings. The molecule has 0 saturated carbocycles. The van der Waals surface area contributed by atoms with Gasteiger partial charge in [-0.1, -0.05) is 45.0 Å². The second kappa shape index (κ2) is 8.96. The molecule has 0 heterocycles. The average Bonchev–Trinajstić information content (AvgIpc) is 2.66. The van der Waals surface area contributed by atoms with Crippen molar-refractivity contribution >= 4 is 23.2 Å². The normalized spacial score (nSPS) is 11.5. The fraction of sp³-hybridized carbons (Fsp3) is 0.273. The van der Waals surface area contributed by atoms with Crippen molar-refractivity contribution in [2.24, 2.45) is 5.10 Å². The minimum Gasteiger partial charge on any atom is -0.325 e. The van der Waals surface area contributed by atoms with Crippen LogP contribution >= 0.6 is 0 Å². The van der Waals surface area contributed by atoms with Crippen LogP contribution in [0, 0.1) is 11.3 Å². The van der Waals surface area contributed by atoms with Crippen molar-refractivity contribution in [2.75, 3.05) is 5.32 Å². The molecule has 0 aliphatic carbocycles. The van der Waals surface area contributed by atoms with Crippen LogP contribution in [-0.4, -0.2) is 17.5 Å². The minimum atomic E-state index is -0.338. The first-order chi connectivity index (χ1) is 13.2. The first-order valence-corrected chi connectivity index (χ1v) is 8.93. The molecule has 0 unspecified atom stereocenters. The van der Waals surface area contributed by atoms with E-state index in [-0.39, 0.29) is 23.7 Å². The maximum Gasteiger partial charge on any atom is 0.271 e. The van der Waals surface area contributed by atoms with Gasteiger partial charge in [-0.3, -0.25) is 9.59 Å². The Bertz CT molecular complexity index is 932. The van der Waals surface area contributed by atoms with Crippen LogP contribution in [0.2, 0.25) is 0 Å². The molecule has 0 fully saturated rings. The number of para-hydroxylation sites is 1. The Morgan fingerprint density at radius 2 is 1.71 bits per heavy atom. The van der Waals surface area contributed by atoms with Crippen LogP contribution < -0.4 is 10.7 Å². The molecule has 0 saturated heterocycles. The van der Waals surface area contributed by atoms with Gasteiger partial charge in [-0.15, -0.1) is 0 Å². The van der Waals surface area contributed by atoms with Gasteiger partial charge in [-0.25, -0.2) is 5.43 Å². The molecule has 2 rings (SSSR count). The van der Waals surface area contributed by atoms with Crippen LogP contribution in [0.3, 0.4) is 0 Å². The second-order valence-electron chi connectivity index (χ2n) is 7.50. The van der Waals surface area contributed by atoms with Gasteiger partial charge in [-0.05, 0) is 42.2 Å². The quantitative estimate of drug-likeness (QED) is 0.610. The molecule has 2 aromatic carbocycles. The Kier molecular flexibility index (Phi) is 6.67. The molecule has 0 aliphatic heterocycles. The fourth-order valence-corrected chi connectivity index (χ4v) is 2.49.